The van der Waals surface area contributed by atoms with Gasteiger partial charge < -0.3 is 23.7 Å². The van der Waals surface area contributed by atoms with E-state index < -0.39 is 0 Å². The summed E-state index contributed by atoms with van der Waals surface area (Å²) in [6.45, 7) is 15.6. The zero-order valence-electron chi connectivity index (χ0n) is 22.9. The first kappa shape index (κ1) is 30.4. The topological polar surface area (TPSA) is 68.8 Å². The van der Waals surface area contributed by atoms with Gasteiger partial charge in [0.1, 0.15) is 11.9 Å². The number of thiazole rings is 1. The lowest BCUT2D eigenvalue weighted by Gasteiger charge is -2.34. The average molecular weight is 513 g/mol. The second kappa shape index (κ2) is 13.7. The Morgan fingerprint density at radius 2 is 1.50 bits per heavy atom. The molecular formula is C25H39B2N4O4S+. The number of nitrogens with zero attached hydrogens (tertiary/aromatic N) is 4. The van der Waals surface area contributed by atoms with Crippen LogP contribution in [0.2, 0.25) is 0 Å². The first-order valence-electron chi connectivity index (χ1n) is 12.0. The summed E-state index contributed by atoms with van der Waals surface area (Å²) >= 11 is 1.53. The molecule has 0 spiro atoms. The molecule has 36 heavy (non-hydrogen) atoms. The molecule has 0 N–H and O–H groups in total. The fraction of sp³-hybridized carbons (Fsp3) is 0.640. The first-order valence-corrected chi connectivity index (χ1v) is 12.9. The van der Waals surface area contributed by atoms with E-state index in [0.717, 1.165) is 22.1 Å². The number of hydrogen-bond donors (Lipinski definition) is 0. The number of benzene rings is 1. The molecule has 0 fully saturated rings. The maximum Gasteiger partial charge on any atom is 0.408 e. The molecule has 8 nitrogen and oxygen atoms in total. The number of rotatable bonds is 13. The molecular weight excluding hydrogens is 474 g/mol. The molecule has 0 saturated carbocycles. The van der Waals surface area contributed by atoms with Crippen LogP contribution in [0.5, 0.6) is 0 Å². The number of hydrogen-bond acceptors (Lipinski definition) is 8. The standard InChI is InChI=1S/C25H39B2N4O4S/c1-18-13-19(9-10-22(18)28-29-23-30(8)11-12-36-23)31(14-20(34-26)16-32-24(2,3)4)15-21(35-27)17-33-25(5,6)7/h9-13,20-21H,14-17H2,1-8H3/q+1. The highest BCUT2D eigenvalue weighted by Gasteiger charge is 2.23. The van der Waals surface area contributed by atoms with Gasteiger partial charge in [-0.3, -0.25) is 0 Å². The monoisotopic (exact) mass is 513 g/mol. The van der Waals surface area contributed by atoms with E-state index in [9.17, 15) is 0 Å². The van der Waals surface area contributed by atoms with E-state index in [2.05, 4.69) is 21.2 Å². The molecule has 0 saturated heterocycles. The number of anilines is 1. The van der Waals surface area contributed by atoms with E-state index >= 15 is 0 Å². The number of ether oxygens (including phenoxy) is 2. The van der Waals surface area contributed by atoms with Gasteiger partial charge in [0.05, 0.1) is 48.8 Å². The van der Waals surface area contributed by atoms with Crippen LogP contribution in [0.3, 0.4) is 0 Å². The van der Waals surface area contributed by atoms with Crippen LogP contribution < -0.4 is 9.47 Å². The molecule has 4 radical (unpaired) electrons. The van der Waals surface area contributed by atoms with Crippen LogP contribution in [-0.2, 0) is 25.8 Å². The smallest absolute Gasteiger partial charge is 0.408 e. The zero-order chi connectivity index (χ0) is 26.9. The lowest BCUT2D eigenvalue weighted by molar-refractivity contribution is -0.654. The molecule has 0 aliphatic heterocycles. The van der Waals surface area contributed by atoms with Gasteiger partial charge in [0.15, 0.2) is 0 Å². The number of azo groups is 1. The van der Waals surface area contributed by atoms with Gasteiger partial charge in [-0.2, -0.15) is 0 Å². The molecule has 194 valence electrons. The van der Waals surface area contributed by atoms with Crippen molar-refractivity contribution in [1.82, 2.24) is 0 Å². The highest BCUT2D eigenvalue weighted by atomic mass is 32.1. The summed E-state index contributed by atoms with van der Waals surface area (Å²) in [6, 6.07) is 5.99. The summed E-state index contributed by atoms with van der Waals surface area (Å²) in [7, 11) is 13.2. The lowest BCUT2D eigenvalue weighted by Crippen LogP contribution is -2.44. The van der Waals surface area contributed by atoms with Crippen molar-refractivity contribution in [1.29, 1.82) is 0 Å². The van der Waals surface area contributed by atoms with Gasteiger partial charge in [0.2, 0.25) is 0 Å². The predicted molar refractivity (Wildman–Crippen MR) is 146 cm³/mol. The van der Waals surface area contributed by atoms with Crippen LogP contribution >= 0.6 is 11.3 Å². The van der Waals surface area contributed by atoms with Gasteiger partial charge in [0.25, 0.3) is 16.1 Å². The minimum Gasteiger partial charge on any atom is -0.441 e. The quantitative estimate of drug-likeness (QED) is 0.221. The summed E-state index contributed by atoms with van der Waals surface area (Å²) in [6.07, 6.45) is 1.21. The molecule has 2 aromatic rings. The summed E-state index contributed by atoms with van der Waals surface area (Å²) in [4.78, 5) is 2.11. The molecule has 0 aliphatic rings. The van der Waals surface area contributed by atoms with Crippen molar-refractivity contribution in [2.24, 2.45) is 17.3 Å². The Kier molecular flexibility index (Phi) is 11.6. The summed E-state index contributed by atoms with van der Waals surface area (Å²) in [5, 5.41) is 11.6. The van der Waals surface area contributed by atoms with Crippen molar-refractivity contribution in [2.45, 2.75) is 71.9 Å². The summed E-state index contributed by atoms with van der Waals surface area (Å²) < 4.78 is 24.3. The van der Waals surface area contributed by atoms with Crippen molar-refractivity contribution in [3.63, 3.8) is 0 Å². The summed E-state index contributed by atoms with van der Waals surface area (Å²) in [5.74, 6) is 0. The van der Waals surface area contributed by atoms with E-state index in [1.54, 1.807) is 0 Å². The first-order chi connectivity index (χ1) is 16.8. The van der Waals surface area contributed by atoms with Gasteiger partial charge in [-0.25, -0.2) is 4.57 Å². The predicted octanol–water partition coefficient (Wildman–Crippen LogP) is 4.67. The normalized spacial score (nSPS) is 14.3. The Labute approximate surface area is 222 Å². The largest absolute Gasteiger partial charge is 0.441 e. The van der Waals surface area contributed by atoms with E-state index in [1.807, 2.05) is 83.8 Å². The molecule has 0 aliphatic carbocycles. The molecule has 2 atom stereocenters. The molecule has 2 unspecified atom stereocenters. The Morgan fingerprint density at radius 1 is 0.944 bits per heavy atom. The zero-order valence-corrected chi connectivity index (χ0v) is 23.7. The van der Waals surface area contributed by atoms with Gasteiger partial charge in [-0.1, -0.05) is 0 Å². The van der Waals surface area contributed by atoms with E-state index in [0.29, 0.717) is 26.3 Å². The van der Waals surface area contributed by atoms with Crippen LogP contribution in [0.1, 0.15) is 47.1 Å². The van der Waals surface area contributed by atoms with Crippen LogP contribution in [-0.4, -0.2) is 65.8 Å². The second-order valence-electron chi connectivity index (χ2n) is 10.7. The van der Waals surface area contributed by atoms with Crippen molar-refractivity contribution in [3.05, 3.63) is 35.3 Å². The van der Waals surface area contributed by atoms with E-state index in [-0.39, 0.29) is 23.4 Å². The number of aromatic nitrogens is 1. The Hall–Kier alpha value is -1.78. The Morgan fingerprint density at radius 3 is 1.92 bits per heavy atom. The molecule has 0 bridgehead atoms. The van der Waals surface area contributed by atoms with Crippen LogP contribution in [0.15, 0.2) is 40.0 Å². The molecule has 1 aromatic carbocycles. The van der Waals surface area contributed by atoms with Crippen molar-refractivity contribution < 1.29 is 23.3 Å². The molecule has 1 aromatic heterocycles. The molecule has 1 heterocycles. The highest BCUT2D eigenvalue weighted by molar-refractivity contribution is 7.12. The minimum absolute atomic E-state index is 0.312. The minimum atomic E-state index is -0.371. The molecule has 11 heteroatoms. The maximum atomic E-state index is 5.92. The third-order valence-corrected chi connectivity index (χ3v) is 6.02. The van der Waals surface area contributed by atoms with Gasteiger partial charge >= 0.3 is 5.13 Å². The summed E-state index contributed by atoms with van der Waals surface area (Å²) in [5.41, 5.74) is 2.09. The van der Waals surface area contributed by atoms with E-state index in [1.165, 1.54) is 11.3 Å². The average Bonchev–Trinajstić information content (AvgIpc) is 3.20. The van der Waals surface area contributed by atoms with Crippen LogP contribution in [0, 0.1) is 6.92 Å². The van der Waals surface area contributed by atoms with Crippen molar-refractivity contribution in [3.8, 4) is 0 Å². The number of aryl methyl sites for hydroxylation is 2. The molecule has 2 rings (SSSR count). The third-order valence-electron chi connectivity index (χ3n) is 5.19. The van der Waals surface area contributed by atoms with E-state index in [4.69, 9.17) is 34.9 Å². The van der Waals surface area contributed by atoms with Crippen molar-refractivity contribution >= 4 is 43.9 Å². The van der Waals surface area contributed by atoms with Crippen LogP contribution in [0.4, 0.5) is 16.5 Å². The fourth-order valence-corrected chi connectivity index (χ4v) is 3.88. The fourth-order valence-electron chi connectivity index (χ4n) is 3.20. The van der Waals surface area contributed by atoms with Crippen LogP contribution in [0.25, 0.3) is 0 Å². The lowest BCUT2D eigenvalue weighted by atomic mass is 10.1. The van der Waals surface area contributed by atoms with Gasteiger partial charge in [-0.05, 0) is 88.7 Å². The van der Waals surface area contributed by atoms with Gasteiger partial charge in [-0.15, -0.1) is 0 Å². The van der Waals surface area contributed by atoms with Gasteiger partial charge in [0, 0.05) is 24.2 Å². The SMILES string of the molecule is [B]OC(COC(C)(C)C)CN(CC(COC(C)(C)C)O[B])c1ccc(N=Nc2scc[n+]2C)c(C)c1. The highest BCUT2D eigenvalue weighted by Crippen LogP contribution is 2.28. The Bertz CT molecular complexity index is 948. The maximum absolute atomic E-state index is 5.92. The van der Waals surface area contributed by atoms with Crippen molar-refractivity contribution in [2.75, 3.05) is 31.2 Å². The molecule has 0 amide bonds. The second-order valence-corrected chi connectivity index (χ2v) is 11.6. The third kappa shape index (κ3) is 10.7. The Balaban J connectivity index is 2.26.